The van der Waals surface area contributed by atoms with Crippen molar-refractivity contribution in [3.8, 4) is 11.5 Å². The number of nitro groups is 1. The van der Waals surface area contributed by atoms with Gasteiger partial charge in [0.2, 0.25) is 6.79 Å². The van der Waals surface area contributed by atoms with Crippen molar-refractivity contribution in [1.29, 1.82) is 0 Å². The summed E-state index contributed by atoms with van der Waals surface area (Å²) in [6.07, 6.45) is 0. The number of benzene rings is 2. The number of nitro benzene ring substituents is 1. The van der Waals surface area contributed by atoms with E-state index in [2.05, 4.69) is 0 Å². The monoisotopic (exact) mass is 315 g/mol. The number of hydrogen-bond acceptors (Lipinski definition) is 6. The SMILES string of the molecule is Cc1ccc(C(=O)OCc2cc3c(cc2[N+](=O)[O-])OCO3)cc1. The highest BCUT2D eigenvalue weighted by molar-refractivity contribution is 5.89. The number of carbonyl (C=O) groups excluding carboxylic acids is 1. The number of esters is 1. The van der Waals surface area contributed by atoms with Crippen LogP contribution in [0.5, 0.6) is 11.5 Å². The lowest BCUT2D eigenvalue weighted by Gasteiger charge is -2.07. The number of ether oxygens (including phenoxy) is 3. The van der Waals surface area contributed by atoms with Gasteiger partial charge in [0.15, 0.2) is 11.5 Å². The third-order valence-corrected chi connectivity index (χ3v) is 3.42. The van der Waals surface area contributed by atoms with Crippen LogP contribution in [0.4, 0.5) is 5.69 Å². The van der Waals surface area contributed by atoms with Crippen LogP contribution in [0.1, 0.15) is 21.5 Å². The number of nitrogens with zero attached hydrogens (tertiary/aromatic N) is 1. The molecular weight excluding hydrogens is 302 g/mol. The fourth-order valence-electron chi connectivity index (χ4n) is 2.18. The van der Waals surface area contributed by atoms with Crippen molar-refractivity contribution in [3.05, 3.63) is 63.2 Å². The number of rotatable bonds is 4. The maximum atomic E-state index is 12.0. The molecular formula is C16H13NO6. The van der Waals surface area contributed by atoms with Gasteiger partial charge in [-0.05, 0) is 25.1 Å². The van der Waals surface area contributed by atoms with Gasteiger partial charge >= 0.3 is 5.97 Å². The Labute approximate surface area is 131 Å². The van der Waals surface area contributed by atoms with Gasteiger partial charge in [0.05, 0.1) is 22.1 Å². The fraction of sp³-hybridized carbons (Fsp3) is 0.188. The zero-order chi connectivity index (χ0) is 16.4. The molecule has 0 unspecified atom stereocenters. The summed E-state index contributed by atoms with van der Waals surface area (Å²) in [6.45, 7) is 1.70. The van der Waals surface area contributed by atoms with E-state index in [1.807, 2.05) is 6.92 Å². The summed E-state index contributed by atoms with van der Waals surface area (Å²) in [5.74, 6) is 0.166. The minimum atomic E-state index is -0.545. The van der Waals surface area contributed by atoms with Gasteiger partial charge in [-0.2, -0.15) is 0 Å². The molecule has 1 heterocycles. The highest BCUT2D eigenvalue weighted by Gasteiger charge is 2.24. The van der Waals surface area contributed by atoms with Crippen molar-refractivity contribution in [1.82, 2.24) is 0 Å². The molecule has 0 atom stereocenters. The average Bonchev–Trinajstić information content (AvgIpc) is 2.99. The highest BCUT2D eigenvalue weighted by Crippen LogP contribution is 2.38. The number of aryl methyl sites for hydroxylation is 1. The van der Waals surface area contributed by atoms with Crippen molar-refractivity contribution >= 4 is 11.7 Å². The van der Waals surface area contributed by atoms with E-state index in [9.17, 15) is 14.9 Å². The van der Waals surface area contributed by atoms with Gasteiger partial charge in [0, 0.05) is 0 Å². The fourth-order valence-corrected chi connectivity index (χ4v) is 2.18. The quantitative estimate of drug-likeness (QED) is 0.489. The van der Waals surface area contributed by atoms with Gasteiger partial charge in [-0.25, -0.2) is 4.79 Å². The predicted octanol–water partition coefficient (Wildman–Crippen LogP) is 2.99. The Bertz CT molecular complexity index is 769. The summed E-state index contributed by atoms with van der Waals surface area (Å²) >= 11 is 0. The van der Waals surface area contributed by atoms with Crippen LogP contribution in [-0.2, 0) is 11.3 Å². The zero-order valence-corrected chi connectivity index (χ0v) is 12.3. The standard InChI is InChI=1S/C16H13NO6/c1-10-2-4-11(5-3-10)16(18)21-8-12-6-14-15(23-9-22-14)7-13(12)17(19)20/h2-7H,8-9H2,1H3. The van der Waals surface area contributed by atoms with Crippen LogP contribution in [0, 0.1) is 17.0 Å². The van der Waals surface area contributed by atoms with Crippen molar-refractivity contribution < 1.29 is 23.9 Å². The van der Waals surface area contributed by atoms with E-state index in [0.29, 0.717) is 17.1 Å². The van der Waals surface area contributed by atoms with Gasteiger partial charge in [0.25, 0.3) is 5.69 Å². The van der Waals surface area contributed by atoms with Crippen LogP contribution < -0.4 is 9.47 Å². The number of fused-ring (bicyclic) bond motifs is 1. The smallest absolute Gasteiger partial charge is 0.338 e. The molecule has 2 aromatic carbocycles. The molecule has 0 amide bonds. The molecule has 2 aromatic rings. The zero-order valence-electron chi connectivity index (χ0n) is 12.3. The predicted molar refractivity (Wildman–Crippen MR) is 79.5 cm³/mol. The van der Waals surface area contributed by atoms with E-state index in [4.69, 9.17) is 14.2 Å². The van der Waals surface area contributed by atoms with E-state index in [0.717, 1.165) is 5.56 Å². The maximum absolute atomic E-state index is 12.0. The molecule has 0 radical (unpaired) electrons. The van der Waals surface area contributed by atoms with Crippen LogP contribution in [0.15, 0.2) is 36.4 Å². The van der Waals surface area contributed by atoms with Crippen LogP contribution in [0.25, 0.3) is 0 Å². The molecule has 7 heteroatoms. The molecule has 1 aliphatic rings. The van der Waals surface area contributed by atoms with Gasteiger partial charge in [-0.3, -0.25) is 10.1 Å². The summed E-state index contributed by atoms with van der Waals surface area (Å²) in [6, 6.07) is 9.61. The third-order valence-electron chi connectivity index (χ3n) is 3.42. The van der Waals surface area contributed by atoms with Crippen molar-refractivity contribution in [2.75, 3.05) is 6.79 Å². The second-order valence-corrected chi connectivity index (χ2v) is 5.03. The first-order chi connectivity index (χ1) is 11.0. The van der Waals surface area contributed by atoms with Crippen LogP contribution in [0.3, 0.4) is 0 Å². The van der Waals surface area contributed by atoms with Crippen LogP contribution >= 0.6 is 0 Å². The Hall–Kier alpha value is -3.09. The third kappa shape index (κ3) is 3.08. The second-order valence-electron chi connectivity index (χ2n) is 5.03. The lowest BCUT2D eigenvalue weighted by molar-refractivity contribution is -0.385. The van der Waals surface area contributed by atoms with E-state index in [1.54, 1.807) is 24.3 Å². The summed E-state index contributed by atoms with van der Waals surface area (Å²) in [7, 11) is 0. The minimum absolute atomic E-state index is 0.0130. The molecule has 0 fully saturated rings. The first-order valence-electron chi connectivity index (χ1n) is 6.85. The molecule has 7 nitrogen and oxygen atoms in total. The molecule has 0 saturated carbocycles. The molecule has 0 aromatic heterocycles. The van der Waals surface area contributed by atoms with Gasteiger partial charge in [-0.15, -0.1) is 0 Å². The van der Waals surface area contributed by atoms with Crippen LogP contribution in [0.2, 0.25) is 0 Å². The second kappa shape index (κ2) is 5.96. The molecule has 23 heavy (non-hydrogen) atoms. The molecule has 0 N–H and O–H groups in total. The Balaban J connectivity index is 1.78. The molecule has 0 aliphatic carbocycles. The summed E-state index contributed by atoms with van der Waals surface area (Å²) in [5, 5.41) is 11.1. The van der Waals surface area contributed by atoms with E-state index >= 15 is 0 Å². The van der Waals surface area contributed by atoms with Crippen molar-refractivity contribution in [2.45, 2.75) is 13.5 Å². The minimum Gasteiger partial charge on any atom is -0.457 e. The first-order valence-corrected chi connectivity index (χ1v) is 6.85. The van der Waals surface area contributed by atoms with Gasteiger partial charge in [0.1, 0.15) is 6.61 Å². The summed E-state index contributed by atoms with van der Waals surface area (Å²) < 4.78 is 15.5. The Kier molecular flexibility index (Phi) is 3.84. The van der Waals surface area contributed by atoms with Crippen LogP contribution in [-0.4, -0.2) is 17.7 Å². The van der Waals surface area contributed by atoms with E-state index in [-0.39, 0.29) is 24.7 Å². The molecule has 0 bridgehead atoms. The van der Waals surface area contributed by atoms with Gasteiger partial charge < -0.3 is 14.2 Å². The maximum Gasteiger partial charge on any atom is 0.338 e. The normalized spacial score (nSPS) is 12.0. The Morgan fingerprint density at radius 1 is 1.22 bits per heavy atom. The topological polar surface area (TPSA) is 87.9 Å². The molecule has 118 valence electrons. The number of hydrogen-bond donors (Lipinski definition) is 0. The molecule has 1 aliphatic heterocycles. The Morgan fingerprint density at radius 2 is 1.87 bits per heavy atom. The highest BCUT2D eigenvalue weighted by atomic mass is 16.7. The largest absolute Gasteiger partial charge is 0.457 e. The molecule has 0 saturated heterocycles. The van der Waals surface area contributed by atoms with Crippen molar-refractivity contribution in [2.24, 2.45) is 0 Å². The average molecular weight is 315 g/mol. The van der Waals surface area contributed by atoms with Crippen molar-refractivity contribution in [3.63, 3.8) is 0 Å². The summed E-state index contributed by atoms with van der Waals surface area (Å²) in [5.41, 5.74) is 1.48. The first kappa shape index (κ1) is 14.8. The number of carbonyl (C=O) groups is 1. The molecule has 3 rings (SSSR count). The lowest BCUT2D eigenvalue weighted by Crippen LogP contribution is -2.06. The van der Waals surface area contributed by atoms with E-state index in [1.165, 1.54) is 12.1 Å². The summed E-state index contributed by atoms with van der Waals surface area (Å²) in [4.78, 5) is 22.6. The Morgan fingerprint density at radius 3 is 2.52 bits per heavy atom. The lowest BCUT2D eigenvalue weighted by atomic mass is 10.1. The van der Waals surface area contributed by atoms with E-state index < -0.39 is 10.9 Å². The van der Waals surface area contributed by atoms with Gasteiger partial charge in [-0.1, -0.05) is 17.7 Å². The molecule has 0 spiro atoms.